The fourth-order valence-electron chi connectivity index (χ4n) is 1.16. The summed E-state index contributed by atoms with van der Waals surface area (Å²) < 4.78 is 4.83. The zero-order valence-electron chi connectivity index (χ0n) is 7.07. The molecular formula is C8H18N2O. The molecule has 0 radical (unpaired) electrons. The molecule has 2 aliphatic rings. The van der Waals surface area contributed by atoms with E-state index in [0.29, 0.717) is 0 Å². The van der Waals surface area contributed by atoms with Gasteiger partial charge in [0.15, 0.2) is 0 Å². The van der Waals surface area contributed by atoms with Crippen molar-refractivity contribution in [2.45, 2.75) is 19.3 Å². The van der Waals surface area contributed by atoms with Gasteiger partial charge in [0.25, 0.3) is 0 Å². The van der Waals surface area contributed by atoms with Crippen molar-refractivity contribution in [1.82, 2.24) is 10.6 Å². The van der Waals surface area contributed by atoms with Crippen molar-refractivity contribution in [2.24, 2.45) is 0 Å². The second-order valence-corrected chi connectivity index (χ2v) is 2.86. The van der Waals surface area contributed by atoms with E-state index in [4.69, 9.17) is 4.74 Å². The Morgan fingerprint density at radius 2 is 1.64 bits per heavy atom. The molecule has 0 spiro atoms. The molecule has 0 saturated carbocycles. The molecule has 0 aromatic heterocycles. The Morgan fingerprint density at radius 1 is 0.818 bits per heavy atom. The summed E-state index contributed by atoms with van der Waals surface area (Å²) in [6.07, 6.45) is 4.22. The second kappa shape index (κ2) is 6.58. The minimum absolute atomic E-state index is 0.750. The molecule has 0 aromatic rings. The quantitative estimate of drug-likeness (QED) is 0.533. The molecule has 2 fully saturated rings. The van der Waals surface area contributed by atoms with E-state index >= 15 is 0 Å². The molecule has 3 nitrogen and oxygen atoms in total. The molecule has 3 heteroatoms. The lowest BCUT2D eigenvalue weighted by atomic mass is 10.2. The Bertz CT molecular complexity index is 61.0. The van der Waals surface area contributed by atoms with Gasteiger partial charge >= 0.3 is 0 Å². The third kappa shape index (κ3) is 5.18. The zero-order valence-corrected chi connectivity index (χ0v) is 7.07. The van der Waals surface area contributed by atoms with Crippen LogP contribution >= 0.6 is 0 Å². The van der Waals surface area contributed by atoms with Gasteiger partial charge in [-0.2, -0.15) is 0 Å². The van der Waals surface area contributed by atoms with E-state index in [0.717, 1.165) is 19.9 Å². The SMILES string of the molecule is C1CCNCC1.C1COCN1. The summed E-state index contributed by atoms with van der Waals surface area (Å²) in [5.41, 5.74) is 0. The summed E-state index contributed by atoms with van der Waals surface area (Å²) in [6, 6.07) is 0. The van der Waals surface area contributed by atoms with Gasteiger partial charge in [0.1, 0.15) is 0 Å². The van der Waals surface area contributed by atoms with Gasteiger partial charge in [-0.15, -0.1) is 0 Å². The van der Waals surface area contributed by atoms with E-state index in [1.54, 1.807) is 0 Å². The Hall–Kier alpha value is -0.120. The van der Waals surface area contributed by atoms with Crippen LogP contribution in [0.15, 0.2) is 0 Å². The predicted octanol–water partition coefficient (Wildman–Crippen LogP) is 0.324. The first-order chi connectivity index (χ1) is 5.50. The van der Waals surface area contributed by atoms with Gasteiger partial charge in [0.2, 0.25) is 0 Å². The average molecular weight is 158 g/mol. The van der Waals surface area contributed by atoms with Crippen LogP contribution in [0.5, 0.6) is 0 Å². The van der Waals surface area contributed by atoms with E-state index < -0.39 is 0 Å². The van der Waals surface area contributed by atoms with Gasteiger partial charge in [-0.05, 0) is 25.9 Å². The Labute approximate surface area is 68.5 Å². The number of hydrogen-bond donors (Lipinski definition) is 2. The maximum absolute atomic E-state index is 4.83. The zero-order chi connectivity index (χ0) is 7.78. The summed E-state index contributed by atoms with van der Waals surface area (Å²) in [5.74, 6) is 0. The van der Waals surface area contributed by atoms with Gasteiger partial charge < -0.3 is 10.1 Å². The number of nitrogens with one attached hydrogen (secondary N) is 2. The highest BCUT2D eigenvalue weighted by molar-refractivity contribution is 4.55. The summed E-state index contributed by atoms with van der Waals surface area (Å²) in [7, 11) is 0. The topological polar surface area (TPSA) is 33.3 Å². The lowest BCUT2D eigenvalue weighted by Crippen LogP contribution is -2.21. The average Bonchev–Trinajstić information content (AvgIpc) is 2.64. The highest BCUT2D eigenvalue weighted by Gasteiger charge is 1.93. The monoisotopic (exact) mass is 158 g/mol. The molecule has 11 heavy (non-hydrogen) atoms. The maximum atomic E-state index is 4.83. The smallest absolute Gasteiger partial charge is 0.0966 e. The van der Waals surface area contributed by atoms with Crippen molar-refractivity contribution >= 4 is 0 Å². The molecule has 0 atom stereocenters. The van der Waals surface area contributed by atoms with E-state index in [2.05, 4.69) is 10.6 Å². The van der Waals surface area contributed by atoms with Crippen LogP contribution in [0.2, 0.25) is 0 Å². The molecule has 0 bridgehead atoms. The van der Waals surface area contributed by atoms with Crippen LogP contribution < -0.4 is 10.6 Å². The highest BCUT2D eigenvalue weighted by atomic mass is 16.5. The Balaban J connectivity index is 0.000000112. The van der Waals surface area contributed by atoms with E-state index in [1.807, 2.05) is 0 Å². The molecule has 2 rings (SSSR count). The molecule has 66 valence electrons. The fourth-order valence-corrected chi connectivity index (χ4v) is 1.16. The van der Waals surface area contributed by atoms with Gasteiger partial charge in [0, 0.05) is 6.54 Å². The molecule has 0 aliphatic carbocycles. The van der Waals surface area contributed by atoms with Crippen molar-refractivity contribution < 1.29 is 4.74 Å². The first-order valence-corrected chi connectivity index (χ1v) is 4.49. The van der Waals surface area contributed by atoms with Crippen molar-refractivity contribution in [1.29, 1.82) is 0 Å². The molecule has 0 aromatic carbocycles. The molecular weight excluding hydrogens is 140 g/mol. The lowest BCUT2D eigenvalue weighted by molar-refractivity contribution is 0.194. The molecule has 0 unspecified atom stereocenters. The summed E-state index contributed by atoms with van der Waals surface area (Å²) >= 11 is 0. The lowest BCUT2D eigenvalue weighted by Gasteiger charge is -2.08. The molecule has 2 aliphatic heterocycles. The third-order valence-electron chi connectivity index (χ3n) is 1.83. The molecule has 2 heterocycles. The van der Waals surface area contributed by atoms with Crippen molar-refractivity contribution in [3.05, 3.63) is 0 Å². The third-order valence-corrected chi connectivity index (χ3v) is 1.83. The van der Waals surface area contributed by atoms with Crippen LogP contribution in [-0.4, -0.2) is 33.0 Å². The second-order valence-electron chi connectivity index (χ2n) is 2.86. The van der Waals surface area contributed by atoms with Gasteiger partial charge in [-0.1, -0.05) is 6.42 Å². The largest absolute Gasteiger partial charge is 0.365 e. The Morgan fingerprint density at radius 3 is 1.82 bits per heavy atom. The van der Waals surface area contributed by atoms with Gasteiger partial charge in [-0.25, -0.2) is 0 Å². The Kier molecular flexibility index (Phi) is 5.37. The van der Waals surface area contributed by atoms with E-state index in [1.165, 1.54) is 32.4 Å². The highest BCUT2D eigenvalue weighted by Crippen LogP contribution is 1.96. The van der Waals surface area contributed by atoms with Crippen molar-refractivity contribution in [3.63, 3.8) is 0 Å². The number of ether oxygens (including phenoxy) is 1. The molecule has 0 amide bonds. The first-order valence-electron chi connectivity index (χ1n) is 4.49. The summed E-state index contributed by atoms with van der Waals surface area (Å²) in [6.45, 7) is 5.17. The molecule has 2 N–H and O–H groups in total. The van der Waals surface area contributed by atoms with Crippen LogP contribution in [0.3, 0.4) is 0 Å². The van der Waals surface area contributed by atoms with E-state index in [-0.39, 0.29) is 0 Å². The van der Waals surface area contributed by atoms with Crippen LogP contribution in [0.4, 0.5) is 0 Å². The van der Waals surface area contributed by atoms with Crippen LogP contribution in [0.1, 0.15) is 19.3 Å². The molecule has 2 saturated heterocycles. The van der Waals surface area contributed by atoms with Crippen molar-refractivity contribution in [3.8, 4) is 0 Å². The minimum Gasteiger partial charge on any atom is -0.365 e. The summed E-state index contributed by atoms with van der Waals surface area (Å²) in [5, 5.41) is 6.28. The number of hydrogen-bond acceptors (Lipinski definition) is 3. The number of piperidine rings is 1. The van der Waals surface area contributed by atoms with Gasteiger partial charge in [0.05, 0.1) is 13.3 Å². The van der Waals surface area contributed by atoms with Crippen molar-refractivity contribution in [2.75, 3.05) is 33.0 Å². The van der Waals surface area contributed by atoms with Crippen LogP contribution in [0, 0.1) is 0 Å². The first kappa shape index (κ1) is 8.97. The number of rotatable bonds is 0. The maximum Gasteiger partial charge on any atom is 0.0966 e. The standard InChI is InChI=1S/C5H11N.C3H7NO/c1-2-4-6-5-3-1;1-2-5-3-4-1/h6H,1-5H2;4H,1-3H2. The minimum atomic E-state index is 0.750. The fraction of sp³-hybridized carbons (Fsp3) is 1.00. The van der Waals surface area contributed by atoms with Crippen LogP contribution in [0.25, 0.3) is 0 Å². The van der Waals surface area contributed by atoms with Crippen LogP contribution in [-0.2, 0) is 4.74 Å². The summed E-state index contributed by atoms with van der Waals surface area (Å²) in [4.78, 5) is 0. The van der Waals surface area contributed by atoms with Gasteiger partial charge in [-0.3, -0.25) is 5.32 Å². The van der Waals surface area contributed by atoms with E-state index in [9.17, 15) is 0 Å². The normalized spacial score (nSPS) is 24.0. The predicted molar refractivity (Wildman–Crippen MR) is 45.5 cm³/mol.